The van der Waals surface area contributed by atoms with Crippen molar-refractivity contribution in [2.75, 3.05) is 13.1 Å². The number of alkyl halides is 1. The molecule has 6 heteroatoms. The molecule has 1 aromatic heterocycles. The van der Waals surface area contributed by atoms with Gasteiger partial charge in [-0.2, -0.15) is 4.31 Å². The number of hydrogen-bond donors (Lipinski definition) is 0. The number of piperidine rings is 1. The Labute approximate surface area is 113 Å². The number of aromatic nitrogens is 1. The minimum absolute atomic E-state index is 0.00908. The first-order valence-corrected chi connectivity index (χ1v) is 7.92. The zero-order valence-corrected chi connectivity index (χ0v) is 12.0. The van der Waals surface area contributed by atoms with Crippen molar-refractivity contribution in [3.63, 3.8) is 0 Å². The molecule has 0 unspecified atom stereocenters. The van der Waals surface area contributed by atoms with E-state index in [1.807, 2.05) is 13.8 Å². The van der Waals surface area contributed by atoms with Crippen LogP contribution < -0.4 is 0 Å². The highest BCUT2D eigenvalue weighted by Gasteiger charge is 2.37. The molecule has 106 valence electrons. The van der Waals surface area contributed by atoms with Gasteiger partial charge in [-0.3, -0.25) is 0 Å². The first-order valence-electron chi connectivity index (χ1n) is 6.48. The van der Waals surface area contributed by atoms with Gasteiger partial charge in [0.1, 0.15) is 6.17 Å². The largest absolute Gasteiger partial charge is 0.260 e. The predicted molar refractivity (Wildman–Crippen MR) is 70.8 cm³/mol. The van der Waals surface area contributed by atoms with Crippen molar-refractivity contribution >= 4 is 10.0 Å². The Bertz CT molecular complexity index is 519. The second kappa shape index (κ2) is 5.54. The molecule has 2 heterocycles. The Morgan fingerprint density at radius 1 is 1.42 bits per heavy atom. The van der Waals surface area contributed by atoms with Crippen molar-refractivity contribution in [1.82, 2.24) is 9.29 Å². The fourth-order valence-electron chi connectivity index (χ4n) is 2.50. The van der Waals surface area contributed by atoms with Crippen molar-refractivity contribution in [2.45, 2.75) is 31.5 Å². The quantitative estimate of drug-likeness (QED) is 0.855. The Kier molecular flexibility index (Phi) is 4.20. The topological polar surface area (TPSA) is 50.3 Å². The summed E-state index contributed by atoms with van der Waals surface area (Å²) in [5, 5.41) is -0.00908. The average molecular weight is 286 g/mol. The fraction of sp³-hybridized carbons (Fsp3) is 0.615. The molecule has 1 saturated heterocycles. The SMILES string of the molecule is CC(C)[C@@H]1CCN(S(=O)(=O)c2ccccn2)C[C@H]1F. The highest BCUT2D eigenvalue weighted by molar-refractivity contribution is 7.89. The summed E-state index contributed by atoms with van der Waals surface area (Å²) in [6.45, 7) is 4.24. The normalized spacial score (nSPS) is 25.7. The molecule has 2 atom stereocenters. The summed E-state index contributed by atoms with van der Waals surface area (Å²) in [5.41, 5.74) is 0. The molecule has 19 heavy (non-hydrogen) atoms. The molecule has 0 aromatic carbocycles. The number of pyridine rings is 1. The van der Waals surface area contributed by atoms with Gasteiger partial charge >= 0.3 is 0 Å². The minimum atomic E-state index is -3.66. The van der Waals surface area contributed by atoms with E-state index in [4.69, 9.17) is 0 Å². The third kappa shape index (κ3) is 2.95. The van der Waals surface area contributed by atoms with Gasteiger partial charge in [0.05, 0.1) is 0 Å². The van der Waals surface area contributed by atoms with E-state index in [1.165, 1.54) is 16.6 Å². The summed E-state index contributed by atoms with van der Waals surface area (Å²) in [4.78, 5) is 3.85. The number of nitrogens with zero attached hydrogens (tertiary/aromatic N) is 2. The zero-order chi connectivity index (χ0) is 14.0. The molecule has 4 nitrogen and oxygen atoms in total. The maximum Gasteiger partial charge on any atom is 0.260 e. The molecule has 2 rings (SSSR count). The number of sulfonamides is 1. The maximum absolute atomic E-state index is 14.1. The Hall–Kier alpha value is -1.01. The highest BCUT2D eigenvalue weighted by Crippen LogP contribution is 2.29. The monoisotopic (exact) mass is 286 g/mol. The van der Waals surface area contributed by atoms with Crippen LogP contribution in [0.1, 0.15) is 20.3 Å². The van der Waals surface area contributed by atoms with E-state index in [1.54, 1.807) is 12.1 Å². The molecule has 0 spiro atoms. The molecule has 0 saturated carbocycles. The standard InChI is InChI=1S/C13H19FN2O2S/c1-10(2)11-6-8-16(9-12(11)14)19(17,18)13-5-3-4-7-15-13/h3-5,7,10-12H,6,8-9H2,1-2H3/t11-,12+/m0/s1. The molecule has 0 amide bonds. The first-order chi connectivity index (χ1) is 8.93. The summed E-state index contributed by atoms with van der Waals surface area (Å²) >= 11 is 0. The Morgan fingerprint density at radius 2 is 2.16 bits per heavy atom. The summed E-state index contributed by atoms with van der Waals surface area (Å²) in [5.74, 6) is 0.171. The molecule has 0 bridgehead atoms. The fourth-order valence-corrected chi connectivity index (χ4v) is 3.89. The van der Waals surface area contributed by atoms with Crippen molar-refractivity contribution < 1.29 is 12.8 Å². The average Bonchev–Trinajstić information content (AvgIpc) is 2.39. The molecule has 1 aromatic rings. The van der Waals surface area contributed by atoms with E-state index < -0.39 is 16.2 Å². The van der Waals surface area contributed by atoms with Gasteiger partial charge in [0.25, 0.3) is 10.0 Å². The summed E-state index contributed by atoms with van der Waals surface area (Å²) in [6.07, 6.45) is 0.887. The molecule has 0 N–H and O–H groups in total. The van der Waals surface area contributed by atoms with Crippen LogP contribution in [0.15, 0.2) is 29.4 Å². The van der Waals surface area contributed by atoms with Crippen LogP contribution in [0.2, 0.25) is 0 Å². The van der Waals surface area contributed by atoms with Crippen LogP contribution in [0.3, 0.4) is 0 Å². The van der Waals surface area contributed by atoms with E-state index >= 15 is 0 Å². The summed E-state index contributed by atoms with van der Waals surface area (Å²) < 4.78 is 39.9. The first kappa shape index (κ1) is 14.4. The van der Waals surface area contributed by atoms with Crippen molar-refractivity contribution in [3.05, 3.63) is 24.4 Å². The molecule has 1 aliphatic heterocycles. The van der Waals surface area contributed by atoms with E-state index in [0.29, 0.717) is 13.0 Å². The molecule has 0 aliphatic carbocycles. The van der Waals surface area contributed by atoms with Crippen molar-refractivity contribution in [3.8, 4) is 0 Å². The van der Waals surface area contributed by atoms with Crippen LogP contribution in [0, 0.1) is 11.8 Å². The lowest BCUT2D eigenvalue weighted by atomic mass is 9.86. The molecular formula is C13H19FN2O2S. The molecule has 0 radical (unpaired) electrons. The third-order valence-electron chi connectivity index (χ3n) is 3.65. The predicted octanol–water partition coefficient (Wildman–Crippen LogP) is 2.09. The second-order valence-corrected chi connectivity index (χ2v) is 7.13. The van der Waals surface area contributed by atoms with Gasteiger partial charge < -0.3 is 0 Å². The van der Waals surface area contributed by atoms with E-state index in [9.17, 15) is 12.8 Å². The second-order valence-electron chi connectivity index (χ2n) is 5.24. The van der Waals surface area contributed by atoms with Gasteiger partial charge in [0.2, 0.25) is 0 Å². The van der Waals surface area contributed by atoms with Gasteiger partial charge in [-0.1, -0.05) is 19.9 Å². The lowest BCUT2D eigenvalue weighted by molar-refractivity contribution is 0.101. The summed E-state index contributed by atoms with van der Waals surface area (Å²) in [7, 11) is -3.66. The van der Waals surface area contributed by atoms with Crippen LogP contribution in [-0.4, -0.2) is 37.0 Å². The number of halogens is 1. The summed E-state index contributed by atoms with van der Waals surface area (Å²) in [6, 6.07) is 4.72. The van der Waals surface area contributed by atoms with Crippen LogP contribution in [0.25, 0.3) is 0 Å². The lowest BCUT2D eigenvalue weighted by Gasteiger charge is -2.35. The molecule has 1 aliphatic rings. The molecule has 1 fully saturated rings. The smallest absolute Gasteiger partial charge is 0.246 e. The zero-order valence-electron chi connectivity index (χ0n) is 11.2. The van der Waals surface area contributed by atoms with Crippen LogP contribution >= 0.6 is 0 Å². The Morgan fingerprint density at radius 3 is 2.68 bits per heavy atom. The van der Waals surface area contributed by atoms with E-state index in [0.717, 1.165) is 0 Å². The van der Waals surface area contributed by atoms with E-state index in [2.05, 4.69) is 4.98 Å². The van der Waals surface area contributed by atoms with Crippen molar-refractivity contribution in [2.24, 2.45) is 11.8 Å². The van der Waals surface area contributed by atoms with Gasteiger partial charge in [-0.25, -0.2) is 17.8 Å². The lowest BCUT2D eigenvalue weighted by Crippen LogP contribution is -2.46. The van der Waals surface area contributed by atoms with Gasteiger partial charge in [0, 0.05) is 19.3 Å². The Balaban J connectivity index is 2.17. The maximum atomic E-state index is 14.1. The number of rotatable bonds is 3. The highest BCUT2D eigenvalue weighted by atomic mass is 32.2. The minimum Gasteiger partial charge on any atom is -0.246 e. The van der Waals surface area contributed by atoms with Crippen LogP contribution in [-0.2, 0) is 10.0 Å². The molecular weight excluding hydrogens is 267 g/mol. The van der Waals surface area contributed by atoms with Gasteiger partial charge in [-0.05, 0) is 30.4 Å². The van der Waals surface area contributed by atoms with Crippen molar-refractivity contribution in [1.29, 1.82) is 0 Å². The van der Waals surface area contributed by atoms with E-state index in [-0.39, 0.29) is 23.4 Å². The third-order valence-corrected chi connectivity index (χ3v) is 5.43. The van der Waals surface area contributed by atoms with Gasteiger partial charge in [0.15, 0.2) is 5.03 Å². The number of hydrogen-bond acceptors (Lipinski definition) is 3. The van der Waals surface area contributed by atoms with Crippen LogP contribution in [0.4, 0.5) is 4.39 Å². The van der Waals surface area contributed by atoms with Crippen LogP contribution in [0.5, 0.6) is 0 Å². The van der Waals surface area contributed by atoms with Gasteiger partial charge in [-0.15, -0.1) is 0 Å².